The summed E-state index contributed by atoms with van der Waals surface area (Å²) in [6.07, 6.45) is 0. The van der Waals surface area contributed by atoms with Crippen molar-refractivity contribution in [2.24, 2.45) is 7.05 Å². The molecule has 0 aliphatic rings. The van der Waals surface area contributed by atoms with E-state index in [1.165, 1.54) is 16.6 Å². The highest BCUT2D eigenvalue weighted by Crippen LogP contribution is 2.22. The van der Waals surface area contributed by atoms with Gasteiger partial charge in [0.05, 0.1) is 0 Å². The number of benzene rings is 1. The molecular formula is C11H13ClN2. The van der Waals surface area contributed by atoms with Crippen LogP contribution in [0.2, 0.25) is 5.02 Å². The van der Waals surface area contributed by atoms with Crippen molar-refractivity contribution in [3.63, 3.8) is 0 Å². The van der Waals surface area contributed by atoms with E-state index >= 15 is 0 Å². The van der Waals surface area contributed by atoms with Gasteiger partial charge in [0.1, 0.15) is 0 Å². The maximum atomic E-state index is 5.93. The summed E-state index contributed by atoms with van der Waals surface area (Å²) < 4.78 is 2.18. The molecule has 0 bridgehead atoms. The largest absolute Gasteiger partial charge is 0.346 e. The number of nitrogens with one attached hydrogen (secondary N) is 1. The number of hydrogen-bond donors (Lipinski definition) is 1. The first-order valence-electron chi connectivity index (χ1n) is 4.61. The smallest absolute Gasteiger partial charge is 0.0481 e. The lowest BCUT2D eigenvalue weighted by atomic mass is 10.2. The fraction of sp³-hybridized carbons (Fsp3) is 0.273. The van der Waals surface area contributed by atoms with Crippen LogP contribution in [0.3, 0.4) is 0 Å². The van der Waals surface area contributed by atoms with Crippen LogP contribution in [0.25, 0.3) is 10.9 Å². The predicted octanol–water partition coefficient (Wildman–Crippen LogP) is 2.55. The summed E-state index contributed by atoms with van der Waals surface area (Å²) in [5.41, 5.74) is 2.49. The minimum absolute atomic E-state index is 0.791. The number of aryl methyl sites for hydroxylation is 1. The number of fused-ring (bicyclic) bond motifs is 1. The Morgan fingerprint density at radius 1 is 1.36 bits per heavy atom. The second-order valence-corrected chi connectivity index (χ2v) is 3.86. The first-order valence-corrected chi connectivity index (χ1v) is 4.98. The molecule has 0 aliphatic carbocycles. The van der Waals surface area contributed by atoms with Gasteiger partial charge in [0.15, 0.2) is 0 Å². The van der Waals surface area contributed by atoms with Gasteiger partial charge in [0, 0.05) is 35.2 Å². The summed E-state index contributed by atoms with van der Waals surface area (Å²) in [6.45, 7) is 0.878. The summed E-state index contributed by atoms with van der Waals surface area (Å²) in [5, 5.41) is 5.14. The molecule has 0 unspecified atom stereocenters. The van der Waals surface area contributed by atoms with Gasteiger partial charge in [-0.25, -0.2) is 0 Å². The number of aromatic nitrogens is 1. The van der Waals surface area contributed by atoms with Crippen molar-refractivity contribution in [1.29, 1.82) is 0 Å². The van der Waals surface area contributed by atoms with Crippen LogP contribution < -0.4 is 5.32 Å². The van der Waals surface area contributed by atoms with Gasteiger partial charge in [-0.2, -0.15) is 0 Å². The second kappa shape index (κ2) is 3.64. The van der Waals surface area contributed by atoms with E-state index in [2.05, 4.69) is 29.1 Å². The summed E-state index contributed by atoms with van der Waals surface area (Å²) in [7, 11) is 4.02. The third kappa shape index (κ3) is 1.51. The highest BCUT2D eigenvalue weighted by Gasteiger charge is 2.04. The number of halogens is 1. The Labute approximate surface area is 88.5 Å². The van der Waals surface area contributed by atoms with Crippen molar-refractivity contribution in [1.82, 2.24) is 9.88 Å². The molecule has 0 saturated heterocycles. The quantitative estimate of drug-likeness (QED) is 0.803. The van der Waals surface area contributed by atoms with Crippen LogP contribution >= 0.6 is 11.6 Å². The average Bonchev–Trinajstić information content (AvgIpc) is 2.44. The fourth-order valence-electron chi connectivity index (χ4n) is 1.73. The molecule has 0 atom stereocenters. The second-order valence-electron chi connectivity index (χ2n) is 3.43. The SMILES string of the molecule is CNCc1cc2cc(Cl)ccc2n1C. The van der Waals surface area contributed by atoms with Gasteiger partial charge in [0.25, 0.3) is 0 Å². The van der Waals surface area contributed by atoms with Crippen LogP contribution in [-0.4, -0.2) is 11.6 Å². The normalized spacial score (nSPS) is 11.1. The zero-order chi connectivity index (χ0) is 10.1. The topological polar surface area (TPSA) is 17.0 Å². The molecule has 0 fully saturated rings. The molecule has 14 heavy (non-hydrogen) atoms. The Kier molecular flexibility index (Phi) is 2.48. The lowest BCUT2D eigenvalue weighted by Gasteiger charge is -2.02. The van der Waals surface area contributed by atoms with Crippen molar-refractivity contribution in [2.75, 3.05) is 7.05 Å². The van der Waals surface area contributed by atoms with Gasteiger partial charge in [-0.1, -0.05) is 11.6 Å². The van der Waals surface area contributed by atoms with Crippen LogP contribution in [0, 0.1) is 0 Å². The van der Waals surface area contributed by atoms with Crippen LogP contribution in [0.1, 0.15) is 5.69 Å². The molecule has 2 aromatic rings. The minimum atomic E-state index is 0.791. The molecule has 2 nitrogen and oxygen atoms in total. The van der Waals surface area contributed by atoms with E-state index in [9.17, 15) is 0 Å². The molecule has 3 heteroatoms. The fourth-order valence-corrected chi connectivity index (χ4v) is 1.91. The Hall–Kier alpha value is -0.990. The van der Waals surface area contributed by atoms with E-state index < -0.39 is 0 Å². The van der Waals surface area contributed by atoms with Crippen molar-refractivity contribution in [2.45, 2.75) is 6.54 Å². The summed E-state index contributed by atoms with van der Waals surface area (Å²) >= 11 is 5.93. The van der Waals surface area contributed by atoms with E-state index in [0.29, 0.717) is 0 Å². The van der Waals surface area contributed by atoms with E-state index in [-0.39, 0.29) is 0 Å². The molecule has 2 rings (SSSR count). The Bertz CT molecular complexity index is 460. The summed E-state index contributed by atoms with van der Waals surface area (Å²) in [4.78, 5) is 0. The molecule has 0 amide bonds. The Morgan fingerprint density at radius 3 is 2.86 bits per heavy atom. The van der Waals surface area contributed by atoms with Gasteiger partial charge in [-0.3, -0.25) is 0 Å². The summed E-state index contributed by atoms with van der Waals surface area (Å²) in [5.74, 6) is 0. The zero-order valence-electron chi connectivity index (χ0n) is 8.34. The first kappa shape index (κ1) is 9.56. The maximum Gasteiger partial charge on any atom is 0.0481 e. The molecule has 0 aliphatic heterocycles. The molecule has 1 aromatic heterocycles. The van der Waals surface area contributed by atoms with Crippen molar-refractivity contribution >= 4 is 22.5 Å². The van der Waals surface area contributed by atoms with E-state index in [1.54, 1.807) is 0 Å². The number of rotatable bonds is 2. The Morgan fingerprint density at radius 2 is 2.14 bits per heavy atom. The predicted molar refractivity (Wildman–Crippen MR) is 60.7 cm³/mol. The van der Waals surface area contributed by atoms with E-state index in [1.807, 2.05) is 19.2 Å². The standard InChI is InChI=1S/C11H13ClN2/c1-13-7-10-6-8-5-9(12)3-4-11(8)14(10)2/h3-6,13H,7H2,1-2H3. The number of nitrogens with zero attached hydrogens (tertiary/aromatic N) is 1. The lowest BCUT2D eigenvalue weighted by Crippen LogP contribution is -2.08. The highest BCUT2D eigenvalue weighted by atomic mass is 35.5. The van der Waals surface area contributed by atoms with Crippen LogP contribution in [0.4, 0.5) is 0 Å². The van der Waals surface area contributed by atoms with Gasteiger partial charge in [-0.15, -0.1) is 0 Å². The van der Waals surface area contributed by atoms with Gasteiger partial charge in [-0.05, 0) is 31.3 Å². The molecule has 0 saturated carbocycles. The third-order valence-corrected chi connectivity index (χ3v) is 2.70. The summed E-state index contributed by atoms with van der Waals surface area (Å²) in [6, 6.07) is 8.14. The minimum Gasteiger partial charge on any atom is -0.346 e. The molecule has 74 valence electrons. The Balaban J connectivity index is 2.61. The van der Waals surface area contributed by atoms with E-state index in [0.717, 1.165) is 11.6 Å². The highest BCUT2D eigenvalue weighted by molar-refractivity contribution is 6.31. The lowest BCUT2D eigenvalue weighted by molar-refractivity contribution is 0.745. The molecule has 0 radical (unpaired) electrons. The average molecular weight is 209 g/mol. The van der Waals surface area contributed by atoms with Gasteiger partial charge >= 0.3 is 0 Å². The third-order valence-electron chi connectivity index (χ3n) is 2.46. The molecule has 0 spiro atoms. The number of hydrogen-bond acceptors (Lipinski definition) is 1. The first-order chi connectivity index (χ1) is 6.72. The van der Waals surface area contributed by atoms with Crippen molar-refractivity contribution < 1.29 is 0 Å². The van der Waals surface area contributed by atoms with Crippen molar-refractivity contribution in [3.8, 4) is 0 Å². The van der Waals surface area contributed by atoms with Crippen molar-refractivity contribution in [3.05, 3.63) is 35.0 Å². The van der Waals surface area contributed by atoms with Crippen LogP contribution in [0.15, 0.2) is 24.3 Å². The van der Waals surface area contributed by atoms with Gasteiger partial charge in [0.2, 0.25) is 0 Å². The molecule has 1 N–H and O–H groups in total. The molecule has 1 aromatic carbocycles. The monoisotopic (exact) mass is 208 g/mol. The van der Waals surface area contributed by atoms with Gasteiger partial charge < -0.3 is 9.88 Å². The zero-order valence-corrected chi connectivity index (χ0v) is 9.10. The van der Waals surface area contributed by atoms with Crippen LogP contribution in [0.5, 0.6) is 0 Å². The molecule has 1 heterocycles. The van der Waals surface area contributed by atoms with E-state index in [4.69, 9.17) is 11.6 Å². The van der Waals surface area contributed by atoms with Crippen LogP contribution in [-0.2, 0) is 13.6 Å². The molecular weight excluding hydrogens is 196 g/mol. The maximum absolute atomic E-state index is 5.93.